The highest BCUT2D eigenvalue weighted by molar-refractivity contribution is 8.18. The van der Waals surface area contributed by atoms with Crippen molar-refractivity contribution in [3.05, 3.63) is 33.7 Å². The number of benzene rings is 1. The standard InChI is InChI=1S/C18H20ClNO5S/c1-4-11(3)25-14-7-6-12(8-13(14)19)9-15-17(22)20(18(23)26-15)10-16(21)24-5-2/h6-9,11H,4-5,10H2,1-3H3. The van der Waals surface area contributed by atoms with Crippen LogP contribution in [0.2, 0.25) is 5.02 Å². The number of imide groups is 1. The zero-order chi connectivity index (χ0) is 19.3. The van der Waals surface area contributed by atoms with Crippen molar-refractivity contribution in [2.45, 2.75) is 33.3 Å². The molecule has 1 aliphatic heterocycles. The normalized spacial score (nSPS) is 16.9. The van der Waals surface area contributed by atoms with Crippen LogP contribution in [0.25, 0.3) is 6.08 Å². The molecule has 1 aliphatic rings. The van der Waals surface area contributed by atoms with Crippen molar-refractivity contribution in [2.75, 3.05) is 13.2 Å². The van der Waals surface area contributed by atoms with Crippen molar-refractivity contribution in [1.82, 2.24) is 4.90 Å². The molecule has 0 aromatic heterocycles. The zero-order valence-electron chi connectivity index (χ0n) is 14.8. The van der Waals surface area contributed by atoms with Gasteiger partial charge in [0.15, 0.2) is 0 Å². The Morgan fingerprint density at radius 3 is 2.69 bits per heavy atom. The van der Waals surface area contributed by atoms with Gasteiger partial charge < -0.3 is 9.47 Å². The average Bonchev–Trinajstić information content (AvgIpc) is 2.85. The van der Waals surface area contributed by atoms with Gasteiger partial charge in [-0.2, -0.15) is 0 Å². The lowest BCUT2D eigenvalue weighted by Crippen LogP contribution is -2.34. The van der Waals surface area contributed by atoms with E-state index in [-0.39, 0.29) is 17.6 Å². The van der Waals surface area contributed by atoms with Gasteiger partial charge in [0.25, 0.3) is 11.1 Å². The van der Waals surface area contributed by atoms with Gasteiger partial charge in [0.2, 0.25) is 0 Å². The monoisotopic (exact) mass is 397 g/mol. The van der Waals surface area contributed by atoms with Crippen LogP contribution >= 0.6 is 23.4 Å². The van der Waals surface area contributed by atoms with Gasteiger partial charge in [0.1, 0.15) is 12.3 Å². The Kier molecular flexibility index (Phi) is 7.11. The highest BCUT2D eigenvalue weighted by atomic mass is 35.5. The summed E-state index contributed by atoms with van der Waals surface area (Å²) in [5.74, 6) is -0.580. The number of esters is 1. The molecular formula is C18H20ClNO5S. The minimum Gasteiger partial charge on any atom is -0.489 e. The molecule has 0 bridgehead atoms. The number of amides is 2. The van der Waals surface area contributed by atoms with Crippen molar-refractivity contribution in [1.29, 1.82) is 0 Å². The van der Waals surface area contributed by atoms with Crippen molar-refractivity contribution in [3.63, 3.8) is 0 Å². The highest BCUT2D eigenvalue weighted by Gasteiger charge is 2.36. The second-order valence-electron chi connectivity index (χ2n) is 5.60. The zero-order valence-corrected chi connectivity index (χ0v) is 16.4. The summed E-state index contributed by atoms with van der Waals surface area (Å²) in [6, 6.07) is 5.14. The van der Waals surface area contributed by atoms with E-state index in [2.05, 4.69) is 0 Å². The maximum Gasteiger partial charge on any atom is 0.326 e. The third-order valence-electron chi connectivity index (χ3n) is 3.62. The largest absolute Gasteiger partial charge is 0.489 e. The van der Waals surface area contributed by atoms with Crippen LogP contribution in [0.1, 0.15) is 32.8 Å². The molecule has 1 heterocycles. The van der Waals surface area contributed by atoms with Crippen LogP contribution in [0.15, 0.2) is 23.1 Å². The van der Waals surface area contributed by atoms with Gasteiger partial charge >= 0.3 is 5.97 Å². The van der Waals surface area contributed by atoms with E-state index in [1.165, 1.54) is 0 Å². The Morgan fingerprint density at radius 1 is 1.35 bits per heavy atom. The number of hydrogen-bond acceptors (Lipinski definition) is 6. The molecule has 6 nitrogen and oxygen atoms in total. The third-order valence-corrected chi connectivity index (χ3v) is 4.83. The fourth-order valence-electron chi connectivity index (χ4n) is 2.13. The summed E-state index contributed by atoms with van der Waals surface area (Å²) >= 11 is 7.01. The summed E-state index contributed by atoms with van der Waals surface area (Å²) < 4.78 is 10.5. The average molecular weight is 398 g/mol. The lowest BCUT2D eigenvalue weighted by molar-refractivity contribution is -0.145. The predicted molar refractivity (Wildman–Crippen MR) is 101 cm³/mol. The van der Waals surface area contributed by atoms with Crippen LogP contribution < -0.4 is 4.74 Å². The number of carbonyl (C=O) groups excluding carboxylic acids is 3. The summed E-state index contributed by atoms with van der Waals surface area (Å²) in [5.41, 5.74) is 0.660. The molecule has 2 rings (SSSR count). The minimum atomic E-state index is -0.620. The van der Waals surface area contributed by atoms with Crippen LogP contribution in [-0.4, -0.2) is 41.3 Å². The van der Waals surface area contributed by atoms with Crippen molar-refractivity contribution in [3.8, 4) is 5.75 Å². The number of rotatable bonds is 7. The molecule has 2 amide bonds. The Labute approximate surface area is 161 Å². The third kappa shape index (κ3) is 5.02. The highest BCUT2D eigenvalue weighted by Crippen LogP contribution is 2.34. The van der Waals surface area contributed by atoms with E-state index in [1.54, 1.807) is 31.2 Å². The molecule has 1 aromatic rings. The molecule has 8 heteroatoms. The molecule has 0 radical (unpaired) electrons. The molecule has 1 unspecified atom stereocenters. The van der Waals surface area contributed by atoms with Crippen LogP contribution in [0.5, 0.6) is 5.75 Å². The van der Waals surface area contributed by atoms with E-state index >= 15 is 0 Å². The van der Waals surface area contributed by atoms with E-state index in [0.717, 1.165) is 23.1 Å². The van der Waals surface area contributed by atoms with Crippen LogP contribution in [-0.2, 0) is 14.3 Å². The van der Waals surface area contributed by atoms with E-state index in [1.807, 2.05) is 13.8 Å². The Hall–Kier alpha value is -1.99. The van der Waals surface area contributed by atoms with Gasteiger partial charge in [-0.3, -0.25) is 19.3 Å². The fraction of sp³-hybridized carbons (Fsp3) is 0.389. The summed E-state index contributed by atoms with van der Waals surface area (Å²) in [5, 5.41) is -0.0815. The molecule has 0 N–H and O–H groups in total. The SMILES string of the molecule is CCOC(=O)CN1C(=O)SC(=Cc2ccc(OC(C)CC)c(Cl)c2)C1=O. The van der Waals surface area contributed by atoms with E-state index in [4.69, 9.17) is 21.1 Å². The van der Waals surface area contributed by atoms with E-state index < -0.39 is 23.7 Å². The summed E-state index contributed by atoms with van der Waals surface area (Å²) in [7, 11) is 0. The minimum absolute atomic E-state index is 0.0396. The maximum atomic E-state index is 12.3. The smallest absolute Gasteiger partial charge is 0.326 e. The number of thioether (sulfide) groups is 1. The first-order valence-electron chi connectivity index (χ1n) is 8.22. The molecule has 0 aliphatic carbocycles. The number of hydrogen-bond donors (Lipinski definition) is 0. The summed E-state index contributed by atoms with van der Waals surface area (Å²) in [6.07, 6.45) is 2.46. The molecule has 26 heavy (non-hydrogen) atoms. The molecule has 0 spiro atoms. The molecule has 140 valence electrons. The Bertz CT molecular complexity index is 749. The number of halogens is 1. The summed E-state index contributed by atoms with van der Waals surface area (Å²) in [4.78, 5) is 36.9. The van der Waals surface area contributed by atoms with Crippen molar-refractivity contribution < 1.29 is 23.9 Å². The van der Waals surface area contributed by atoms with Gasteiger partial charge in [0, 0.05) is 0 Å². The molecule has 1 fully saturated rings. The first-order chi connectivity index (χ1) is 12.3. The van der Waals surface area contributed by atoms with Crippen molar-refractivity contribution >= 4 is 46.6 Å². The van der Waals surface area contributed by atoms with Crippen LogP contribution in [0, 0.1) is 0 Å². The first kappa shape index (κ1) is 20.3. The van der Waals surface area contributed by atoms with Gasteiger partial charge in [-0.25, -0.2) is 0 Å². The van der Waals surface area contributed by atoms with E-state index in [0.29, 0.717) is 16.3 Å². The topological polar surface area (TPSA) is 72.9 Å². The number of ether oxygens (including phenoxy) is 2. The van der Waals surface area contributed by atoms with Crippen LogP contribution in [0.3, 0.4) is 0 Å². The maximum absolute atomic E-state index is 12.3. The summed E-state index contributed by atoms with van der Waals surface area (Å²) in [6.45, 7) is 5.42. The number of carbonyl (C=O) groups is 3. The first-order valence-corrected chi connectivity index (χ1v) is 9.42. The molecule has 1 saturated heterocycles. The van der Waals surface area contributed by atoms with Crippen molar-refractivity contribution in [2.24, 2.45) is 0 Å². The molecular weight excluding hydrogens is 378 g/mol. The molecule has 1 aromatic carbocycles. The quantitative estimate of drug-likeness (QED) is 0.509. The van der Waals surface area contributed by atoms with Gasteiger partial charge in [0.05, 0.1) is 22.6 Å². The van der Waals surface area contributed by atoms with Gasteiger partial charge in [-0.05, 0) is 55.8 Å². The lowest BCUT2D eigenvalue weighted by atomic mass is 10.2. The lowest BCUT2D eigenvalue weighted by Gasteiger charge is -2.14. The fourth-order valence-corrected chi connectivity index (χ4v) is 3.20. The van der Waals surface area contributed by atoms with Crippen LogP contribution in [0.4, 0.5) is 4.79 Å². The number of nitrogens with zero attached hydrogens (tertiary/aromatic N) is 1. The molecule has 1 atom stereocenters. The van der Waals surface area contributed by atoms with Gasteiger partial charge in [-0.15, -0.1) is 0 Å². The Morgan fingerprint density at radius 2 is 2.08 bits per heavy atom. The Balaban J connectivity index is 2.14. The van der Waals surface area contributed by atoms with E-state index in [9.17, 15) is 14.4 Å². The van der Waals surface area contributed by atoms with Gasteiger partial charge in [-0.1, -0.05) is 24.6 Å². The predicted octanol–water partition coefficient (Wildman–Crippen LogP) is 4.12. The second kappa shape index (κ2) is 9.09. The molecule has 0 saturated carbocycles. The second-order valence-corrected chi connectivity index (χ2v) is 7.00.